The third kappa shape index (κ3) is 5.98. The van der Waals surface area contributed by atoms with Crippen LogP contribution in [0, 0.1) is 5.82 Å². The first-order valence-corrected chi connectivity index (χ1v) is 11.2. The Hall–Kier alpha value is -2.07. The summed E-state index contributed by atoms with van der Waals surface area (Å²) in [6, 6.07) is 6.00. The van der Waals surface area contributed by atoms with Crippen LogP contribution in [0.2, 0.25) is 0 Å². The molecule has 162 valence electrons. The standard InChI is InChI=1S/C21H27FN4O3S/c22-17-1-3-19(4-2-17)29-15-20-23-18(16-30-20)13-24-5-7-26(8-6-24)21(27)14-25-9-11-28-12-10-25/h1-4,16H,5-15H2. The molecule has 7 nitrogen and oxygen atoms in total. The van der Waals surface area contributed by atoms with Gasteiger partial charge >= 0.3 is 0 Å². The van der Waals surface area contributed by atoms with Gasteiger partial charge in [0.15, 0.2) is 0 Å². The van der Waals surface area contributed by atoms with Crippen molar-refractivity contribution in [2.24, 2.45) is 0 Å². The molecule has 2 fully saturated rings. The number of hydrogen-bond donors (Lipinski definition) is 0. The van der Waals surface area contributed by atoms with Gasteiger partial charge in [-0.2, -0.15) is 0 Å². The predicted octanol–water partition coefficient (Wildman–Crippen LogP) is 1.84. The molecule has 2 aliphatic rings. The van der Waals surface area contributed by atoms with Crippen molar-refractivity contribution in [2.75, 3.05) is 59.0 Å². The van der Waals surface area contributed by atoms with Gasteiger partial charge in [-0.05, 0) is 24.3 Å². The van der Waals surface area contributed by atoms with Gasteiger partial charge in [-0.3, -0.25) is 14.6 Å². The second-order valence-corrected chi connectivity index (χ2v) is 8.46. The average Bonchev–Trinajstić information content (AvgIpc) is 3.22. The number of carbonyl (C=O) groups excluding carboxylic acids is 1. The zero-order valence-electron chi connectivity index (χ0n) is 17.0. The Bertz CT molecular complexity index is 818. The minimum atomic E-state index is -0.276. The Morgan fingerprint density at radius 1 is 1.07 bits per heavy atom. The van der Waals surface area contributed by atoms with Crippen LogP contribution in [0.3, 0.4) is 0 Å². The number of amides is 1. The SMILES string of the molecule is O=C(CN1CCOCC1)N1CCN(Cc2csc(COc3ccc(F)cc3)n2)CC1. The number of ether oxygens (including phenoxy) is 2. The van der Waals surface area contributed by atoms with E-state index in [1.807, 2.05) is 4.90 Å². The maximum Gasteiger partial charge on any atom is 0.236 e. The van der Waals surface area contributed by atoms with E-state index in [0.29, 0.717) is 32.1 Å². The lowest BCUT2D eigenvalue weighted by Gasteiger charge is -2.36. The van der Waals surface area contributed by atoms with Gasteiger partial charge in [0.25, 0.3) is 0 Å². The topological polar surface area (TPSA) is 58.1 Å². The Kier molecular flexibility index (Phi) is 7.27. The van der Waals surface area contributed by atoms with E-state index in [4.69, 9.17) is 9.47 Å². The molecule has 2 aliphatic heterocycles. The summed E-state index contributed by atoms with van der Waals surface area (Å²) in [4.78, 5) is 23.6. The highest BCUT2D eigenvalue weighted by Crippen LogP contribution is 2.17. The van der Waals surface area contributed by atoms with E-state index >= 15 is 0 Å². The number of morpholine rings is 1. The molecule has 2 saturated heterocycles. The monoisotopic (exact) mass is 434 g/mol. The number of aromatic nitrogens is 1. The highest BCUT2D eigenvalue weighted by atomic mass is 32.1. The molecule has 0 aliphatic carbocycles. The third-order valence-corrected chi connectivity index (χ3v) is 6.22. The van der Waals surface area contributed by atoms with Gasteiger partial charge in [0.05, 0.1) is 25.5 Å². The molecular weight excluding hydrogens is 407 g/mol. The molecule has 1 aromatic heterocycles. The minimum absolute atomic E-state index is 0.213. The molecule has 0 spiro atoms. The molecule has 1 amide bonds. The lowest BCUT2D eigenvalue weighted by molar-refractivity contribution is -0.135. The average molecular weight is 435 g/mol. The van der Waals surface area contributed by atoms with Crippen LogP contribution < -0.4 is 4.74 Å². The first-order chi connectivity index (χ1) is 14.7. The maximum atomic E-state index is 13.0. The second-order valence-electron chi connectivity index (χ2n) is 7.52. The van der Waals surface area contributed by atoms with E-state index in [1.165, 1.54) is 12.1 Å². The number of carbonyl (C=O) groups is 1. The first kappa shape index (κ1) is 21.2. The van der Waals surface area contributed by atoms with E-state index < -0.39 is 0 Å². The summed E-state index contributed by atoms with van der Waals surface area (Å²) >= 11 is 1.57. The number of halogens is 1. The van der Waals surface area contributed by atoms with E-state index in [9.17, 15) is 9.18 Å². The van der Waals surface area contributed by atoms with Crippen molar-refractivity contribution in [1.82, 2.24) is 19.7 Å². The molecule has 3 heterocycles. The fourth-order valence-electron chi connectivity index (χ4n) is 3.60. The van der Waals surface area contributed by atoms with Crippen LogP contribution in [0.5, 0.6) is 5.75 Å². The molecule has 0 radical (unpaired) electrons. The van der Waals surface area contributed by atoms with Crippen molar-refractivity contribution in [3.8, 4) is 5.75 Å². The fraction of sp³-hybridized carbons (Fsp3) is 0.524. The van der Waals surface area contributed by atoms with Gasteiger partial charge in [0, 0.05) is 51.2 Å². The lowest BCUT2D eigenvalue weighted by Crippen LogP contribution is -2.52. The third-order valence-electron chi connectivity index (χ3n) is 5.35. The van der Waals surface area contributed by atoms with E-state index in [0.717, 1.165) is 56.5 Å². The molecule has 2 aromatic rings. The molecule has 30 heavy (non-hydrogen) atoms. The summed E-state index contributed by atoms with van der Waals surface area (Å²) in [6.45, 7) is 7.97. The number of piperazine rings is 1. The van der Waals surface area contributed by atoms with Gasteiger partial charge in [-0.15, -0.1) is 11.3 Å². The highest BCUT2D eigenvalue weighted by molar-refractivity contribution is 7.09. The van der Waals surface area contributed by atoms with Crippen LogP contribution in [-0.2, 0) is 22.7 Å². The summed E-state index contributed by atoms with van der Waals surface area (Å²) in [5.41, 5.74) is 1.02. The van der Waals surface area contributed by atoms with E-state index in [-0.39, 0.29) is 11.7 Å². The van der Waals surface area contributed by atoms with Crippen LogP contribution >= 0.6 is 11.3 Å². The van der Waals surface area contributed by atoms with Crippen molar-refractivity contribution in [1.29, 1.82) is 0 Å². The Labute approximate surface area is 180 Å². The molecule has 4 rings (SSSR count). The summed E-state index contributed by atoms with van der Waals surface area (Å²) in [7, 11) is 0. The van der Waals surface area contributed by atoms with Crippen LogP contribution in [0.25, 0.3) is 0 Å². The molecule has 0 N–H and O–H groups in total. The lowest BCUT2D eigenvalue weighted by atomic mass is 10.3. The van der Waals surface area contributed by atoms with E-state index in [1.54, 1.807) is 23.5 Å². The smallest absolute Gasteiger partial charge is 0.236 e. The number of rotatable bonds is 7. The van der Waals surface area contributed by atoms with Gasteiger partial charge in [0.2, 0.25) is 5.91 Å². The number of thiazole rings is 1. The molecule has 0 saturated carbocycles. The fourth-order valence-corrected chi connectivity index (χ4v) is 4.30. The van der Waals surface area contributed by atoms with Crippen molar-refractivity contribution >= 4 is 17.2 Å². The van der Waals surface area contributed by atoms with Crippen molar-refractivity contribution in [3.05, 3.63) is 46.2 Å². The van der Waals surface area contributed by atoms with Gasteiger partial charge in [-0.1, -0.05) is 0 Å². The largest absolute Gasteiger partial charge is 0.486 e. The van der Waals surface area contributed by atoms with Crippen LogP contribution in [0.4, 0.5) is 4.39 Å². The molecule has 0 unspecified atom stereocenters. The van der Waals surface area contributed by atoms with E-state index in [2.05, 4.69) is 20.2 Å². The zero-order valence-corrected chi connectivity index (χ0v) is 17.8. The number of nitrogens with zero attached hydrogens (tertiary/aromatic N) is 4. The second kappa shape index (κ2) is 10.3. The van der Waals surface area contributed by atoms with Gasteiger partial charge in [-0.25, -0.2) is 9.37 Å². The Morgan fingerprint density at radius 3 is 2.53 bits per heavy atom. The van der Waals surface area contributed by atoms with Crippen molar-refractivity contribution < 1.29 is 18.7 Å². The van der Waals surface area contributed by atoms with Crippen molar-refractivity contribution in [3.63, 3.8) is 0 Å². The number of hydrogen-bond acceptors (Lipinski definition) is 7. The summed E-state index contributed by atoms with van der Waals surface area (Å²) in [6.07, 6.45) is 0. The Morgan fingerprint density at radius 2 is 1.80 bits per heavy atom. The molecule has 0 bridgehead atoms. The molecule has 9 heteroatoms. The summed E-state index contributed by atoms with van der Waals surface area (Å²) in [5.74, 6) is 0.568. The highest BCUT2D eigenvalue weighted by Gasteiger charge is 2.24. The molecule has 0 atom stereocenters. The summed E-state index contributed by atoms with van der Waals surface area (Å²) in [5, 5.41) is 2.95. The summed E-state index contributed by atoms with van der Waals surface area (Å²) < 4.78 is 24.0. The van der Waals surface area contributed by atoms with Gasteiger partial charge in [0.1, 0.15) is 23.2 Å². The quantitative estimate of drug-likeness (QED) is 0.663. The van der Waals surface area contributed by atoms with Crippen molar-refractivity contribution in [2.45, 2.75) is 13.2 Å². The zero-order chi connectivity index (χ0) is 20.8. The van der Waals surface area contributed by atoms with Gasteiger partial charge < -0.3 is 14.4 Å². The minimum Gasteiger partial charge on any atom is -0.486 e. The Balaban J connectivity index is 1.18. The normalized spacial score (nSPS) is 18.5. The van der Waals surface area contributed by atoms with Crippen LogP contribution in [0.1, 0.15) is 10.7 Å². The van der Waals surface area contributed by atoms with Crippen LogP contribution in [-0.4, -0.2) is 84.6 Å². The first-order valence-electron chi connectivity index (χ1n) is 10.3. The maximum absolute atomic E-state index is 13.0. The number of benzene rings is 1. The molecular formula is C21H27FN4O3S. The van der Waals surface area contributed by atoms with Crippen LogP contribution in [0.15, 0.2) is 29.6 Å². The predicted molar refractivity (Wildman–Crippen MR) is 112 cm³/mol. The molecule has 1 aromatic carbocycles.